The van der Waals surface area contributed by atoms with E-state index in [1.54, 1.807) is 4.68 Å². The first-order chi connectivity index (χ1) is 21.9. The average molecular weight is 614 g/mol. The van der Waals surface area contributed by atoms with Crippen LogP contribution in [0.3, 0.4) is 0 Å². The van der Waals surface area contributed by atoms with Gasteiger partial charge in [-0.05, 0) is 79.9 Å². The SMILES string of the molecule is CCOC(=O)C1=C(CCCOc2cccc3ccccc23)c2cccc3c2C1CCCCN(C)Cc1c-3c(CC(F)F)nn1C. The molecule has 1 atom stereocenters. The first-order valence-corrected chi connectivity index (χ1v) is 16.0. The summed E-state index contributed by atoms with van der Waals surface area (Å²) in [5.74, 6) is 0.371. The van der Waals surface area contributed by atoms with E-state index >= 15 is 0 Å². The summed E-state index contributed by atoms with van der Waals surface area (Å²) in [6.45, 7) is 4.07. The van der Waals surface area contributed by atoms with Gasteiger partial charge >= 0.3 is 5.97 Å². The summed E-state index contributed by atoms with van der Waals surface area (Å²) in [7, 11) is 3.90. The molecule has 2 aliphatic rings. The summed E-state index contributed by atoms with van der Waals surface area (Å²) in [6.07, 6.45) is 1.08. The van der Waals surface area contributed by atoms with Crippen LogP contribution in [0.5, 0.6) is 5.75 Å². The number of alkyl halides is 2. The molecule has 0 saturated heterocycles. The van der Waals surface area contributed by atoms with Crippen LogP contribution < -0.4 is 4.74 Å². The highest BCUT2D eigenvalue weighted by molar-refractivity contribution is 6.04. The molecule has 1 aromatic heterocycles. The maximum absolute atomic E-state index is 13.9. The Morgan fingerprint density at radius 3 is 2.62 bits per heavy atom. The van der Waals surface area contributed by atoms with E-state index in [1.807, 2.05) is 50.4 Å². The van der Waals surface area contributed by atoms with Gasteiger partial charge in [0.15, 0.2) is 0 Å². The van der Waals surface area contributed by atoms with Crippen molar-refractivity contribution < 1.29 is 23.0 Å². The van der Waals surface area contributed by atoms with Crippen molar-refractivity contribution in [1.82, 2.24) is 14.7 Å². The number of carbonyl (C=O) groups is 1. The highest BCUT2D eigenvalue weighted by Gasteiger charge is 2.39. The topological polar surface area (TPSA) is 56.6 Å². The summed E-state index contributed by atoms with van der Waals surface area (Å²) in [5.41, 5.74) is 6.72. The number of carbonyl (C=O) groups excluding carboxylic acids is 1. The number of benzene rings is 3. The molecule has 1 unspecified atom stereocenters. The van der Waals surface area contributed by atoms with Crippen molar-refractivity contribution >= 4 is 22.3 Å². The van der Waals surface area contributed by atoms with Crippen molar-refractivity contribution in [1.29, 1.82) is 0 Å². The van der Waals surface area contributed by atoms with Gasteiger partial charge in [0.2, 0.25) is 6.43 Å². The van der Waals surface area contributed by atoms with Gasteiger partial charge in [-0.2, -0.15) is 5.10 Å². The van der Waals surface area contributed by atoms with Gasteiger partial charge < -0.3 is 14.4 Å². The number of ether oxygens (including phenoxy) is 2. The summed E-state index contributed by atoms with van der Waals surface area (Å²) in [5, 5.41) is 6.81. The minimum absolute atomic E-state index is 0.180. The molecular formula is C37H41F2N3O3. The molecule has 8 heteroatoms. The summed E-state index contributed by atoms with van der Waals surface area (Å²) >= 11 is 0. The predicted octanol–water partition coefficient (Wildman–Crippen LogP) is 7.94. The summed E-state index contributed by atoms with van der Waals surface area (Å²) in [4.78, 5) is 16.0. The lowest BCUT2D eigenvalue weighted by atomic mass is 9.84. The van der Waals surface area contributed by atoms with Crippen molar-refractivity contribution in [3.8, 4) is 16.9 Å². The van der Waals surface area contributed by atoms with Crippen LogP contribution in [0.15, 0.2) is 66.2 Å². The first kappa shape index (κ1) is 31.0. The van der Waals surface area contributed by atoms with Crippen molar-refractivity contribution in [3.63, 3.8) is 0 Å². The van der Waals surface area contributed by atoms with Gasteiger partial charge in [-0.1, -0.05) is 61.0 Å². The van der Waals surface area contributed by atoms with E-state index in [4.69, 9.17) is 9.47 Å². The van der Waals surface area contributed by atoms with Crippen molar-refractivity contribution in [3.05, 3.63) is 88.8 Å². The molecule has 0 fully saturated rings. The number of allylic oxidation sites excluding steroid dienone is 1. The highest BCUT2D eigenvalue weighted by Crippen LogP contribution is 2.51. The Labute approximate surface area is 263 Å². The number of halogens is 2. The third-order valence-corrected chi connectivity index (χ3v) is 9.08. The van der Waals surface area contributed by atoms with Crippen LogP contribution in [0.4, 0.5) is 8.78 Å². The number of nitrogens with zero attached hydrogens (tertiary/aromatic N) is 3. The van der Waals surface area contributed by atoms with Gasteiger partial charge in [0.25, 0.3) is 0 Å². The fourth-order valence-electron chi connectivity index (χ4n) is 7.17. The standard InChI is InChI=1S/C37H41F2N3O3/c1-4-44-37(43)35-27(18-11-21-45-32-19-9-13-24-12-5-6-14-25(24)32)26-16-10-17-29-34(26)28(35)15-7-8-20-41(2)23-31-36(29)30(22-33(38)39)40-42(31)3/h5-6,9-10,12-14,16-17,19,28,33H,4,7-8,11,15,18,20-23H2,1-3H3. The molecule has 0 radical (unpaired) electrons. The summed E-state index contributed by atoms with van der Waals surface area (Å²) < 4.78 is 41.4. The first-order valence-electron chi connectivity index (χ1n) is 16.0. The van der Waals surface area contributed by atoms with Crippen molar-refractivity contribution in [2.75, 3.05) is 26.8 Å². The minimum atomic E-state index is -2.52. The van der Waals surface area contributed by atoms with Crippen LogP contribution >= 0.6 is 0 Å². The Morgan fingerprint density at radius 1 is 1.02 bits per heavy atom. The molecule has 1 aliphatic heterocycles. The lowest BCUT2D eigenvalue weighted by molar-refractivity contribution is -0.138. The molecule has 2 heterocycles. The maximum atomic E-state index is 13.9. The second kappa shape index (κ2) is 13.5. The Balaban J connectivity index is 1.40. The van der Waals surface area contributed by atoms with Gasteiger partial charge in [0, 0.05) is 36.0 Å². The molecule has 0 amide bonds. The van der Waals surface area contributed by atoms with Gasteiger partial charge in [-0.15, -0.1) is 0 Å². The molecule has 0 saturated carbocycles. The smallest absolute Gasteiger partial charge is 0.334 e. The second-order valence-electron chi connectivity index (χ2n) is 12.1. The molecule has 0 spiro atoms. The number of fused-ring (bicyclic) bond motifs is 3. The molecule has 6 nitrogen and oxygen atoms in total. The number of rotatable bonds is 9. The molecule has 1 aliphatic carbocycles. The van der Waals surface area contributed by atoms with E-state index < -0.39 is 12.8 Å². The Kier molecular flexibility index (Phi) is 9.31. The van der Waals surface area contributed by atoms with Crippen molar-refractivity contribution in [2.24, 2.45) is 7.05 Å². The fourth-order valence-corrected chi connectivity index (χ4v) is 7.17. The number of hydrogen-bond acceptors (Lipinski definition) is 5. The maximum Gasteiger partial charge on any atom is 0.334 e. The molecular weight excluding hydrogens is 572 g/mol. The highest BCUT2D eigenvalue weighted by atomic mass is 19.3. The Bertz CT molecular complexity index is 1720. The largest absolute Gasteiger partial charge is 0.493 e. The van der Waals surface area contributed by atoms with E-state index in [0.29, 0.717) is 37.3 Å². The lowest BCUT2D eigenvalue weighted by Gasteiger charge is -2.19. The van der Waals surface area contributed by atoms with Crippen molar-refractivity contribution in [2.45, 2.75) is 64.3 Å². The summed E-state index contributed by atoms with van der Waals surface area (Å²) in [6, 6.07) is 20.3. The van der Waals surface area contributed by atoms with E-state index in [9.17, 15) is 13.6 Å². The number of esters is 1. The van der Waals surface area contributed by atoms with Gasteiger partial charge in [0.1, 0.15) is 5.75 Å². The van der Waals surface area contributed by atoms with E-state index in [0.717, 1.165) is 75.9 Å². The average Bonchev–Trinajstić information content (AvgIpc) is 3.49. The zero-order chi connectivity index (χ0) is 31.5. The number of aryl methyl sites for hydroxylation is 1. The Hall–Kier alpha value is -4.04. The van der Waals surface area contributed by atoms with Crippen LogP contribution in [0, 0.1) is 0 Å². The molecule has 0 N–H and O–H groups in total. The molecule has 3 aromatic carbocycles. The molecule has 0 bridgehead atoms. The van der Waals surface area contributed by atoms with Crippen LogP contribution in [0.2, 0.25) is 0 Å². The van der Waals surface area contributed by atoms with Gasteiger partial charge in [0.05, 0.1) is 31.0 Å². The molecule has 6 rings (SSSR count). The zero-order valence-corrected chi connectivity index (χ0v) is 26.3. The number of hydrogen-bond donors (Lipinski definition) is 0. The van der Waals surface area contributed by atoms with E-state index in [1.165, 1.54) is 0 Å². The third-order valence-electron chi connectivity index (χ3n) is 9.08. The lowest BCUT2D eigenvalue weighted by Crippen LogP contribution is -2.21. The van der Waals surface area contributed by atoms with Crippen LogP contribution in [0.1, 0.15) is 67.5 Å². The van der Waals surface area contributed by atoms with Crippen LogP contribution in [0.25, 0.3) is 27.5 Å². The molecule has 4 aromatic rings. The number of aromatic nitrogens is 2. The minimum Gasteiger partial charge on any atom is -0.493 e. The third kappa shape index (κ3) is 6.25. The molecule has 45 heavy (non-hydrogen) atoms. The predicted molar refractivity (Wildman–Crippen MR) is 174 cm³/mol. The monoisotopic (exact) mass is 613 g/mol. The van der Waals surface area contributed by atoms with Gasteiger partial charge in [-0.25, -0.2) is 13.6 Å². The Morgan fingerprint density at radius 2 is 1.80 bits per heavy atom. The van der Waals surface area contributed by atoms with E-state index in [2.05, 4.69) is 41.3 Å². The fraction of sp³-hybridized carbons (Fsp3) is 0.405. The molecule has 236 valence electrons. The normalized spacial score (nSPS) is 16.9. The van der Waals surface area contributed by atoms with Crippen LogP contribution in [-0.4, -0.2) is 53.9 Å². The quantitative estimate of drug-likeness (QED) is 0.142. The van der Waals surface area contributed by atoms with Gasteiger partial charge in [-0.3, -0.25) is 4.68 Å². The second-order valence-corrected chi connectivity index (χ2v) is 12.1. The van der Waals surface area contributed by atoms with E-state index in [-0.39, 0.29) is 18.5 Å². The zero-order valence-electron chi connectivity index (χ0n) is 26.3. The van der Waals surface area contributed by atoms with Crippen LogP contribution in [-0.2, 0) is 29.5 Å².